The maximum Gasteiger partial charge on any atom is 0.233 e. The monoisotopic (exact) mass is 407 g/mol. The molecule has 1 fully saturated rings. The third-order valence-corrected chi connectivity index (χ3v) is 6.21. The average Bonchev–Trinajstić information content (AvgIpc) is 3.14. The maximum absolute atomic E-state index is 12.4. The van der Waals surface area contributed by atoms with Crippen LogP contribution in [0, 0.1) is 5.92 Å². The number of benzene rings is 1. The number of hydrogen-bond acceptors (Lipinski definition) is 8. The van der Waals surface area contributed by atoms with Crippen molar-refractivity contribution in [2.45, 2.75) is 17.2 Å². The molecule has 1 aliphatic rings. The normalized spacial score (nSPS) is 16.8. The van der Waals surface area contributed by atoms with Gasteiger partial charge in [-0.25, -0.2) is 0 Å². The number of ether oxygens (including phenoxy) is 1. The van der Waals surface area contributed by atoms with Gasteiger partial charge < -0.3 is 20.7 Å². The van der Waals surface area contributed by atoms with Crippen LogP contribution in [0.4, 0.5) is 10.8 Å². The summed E-state index contributed by atoms with van der Waals surface area (Å²) in [5, 5.41) is 12.0. The lowest BCUT2D eigenvalue weighted by Crippen LogP contribution is -2.44. The predicted molar refractivity (Wildman–Crippen MR) is 105 cm³/mol. The summed E-state index contributed by atoms with van der Waals surface area (Å²) in [5.41, 5.74) is 6.17. The van der Waals surface area contributed by atoms with Crippen LogP contribution in [0.2, 0.25) is 0 Å². The summed E-state index contributed by atoms with van der Waals surface area (Å²) in [6.45, 7) is 1.07. The highest BCUT2D eigenvalue weighted by molar-refractivity contribution is 8.01. The molecule has 0 radical (unpaired) electrons. The van der Waals surface area contributed by atoms with Crippen molar-refractivity contribution in [3.8, 4) is 5.75 Å². The Morgan fingerprint density at radius 2 is 2.22 bits per heavy atom. The fourth-order valence-corrected chi connectivity index (χ4v) is 4.50. The molecule has 0 saturated carbocycles. The zero-order valence-corrected chi connectivity index (χ0v) is 16.5. The topological polar surface area (TPSA) is 110 Å². The lowest BCUT2D eigenvalue weighted by Gasteiger charge is -2.31. The van der Waals surface area contributed by atoms with Crippen LogP contribution in [0.3, 0.4) is 0 Å². The lowest BCUT2D eigenvalue weighted by molar-refractivity contribution is -0.132. The fourth-order valence-electron chi connectivity index (χ4n) is 2.83. The molecule has 144 valence electrons. The first-order chi connectivity index (χ1) is 13.1. The van der Waals surface area contributed by atoms with Crippen molar-refractivity contribution in [1.82, 2.24) is 15.1 Å². The highest BCUT2D eigenvalue weighted by Crippen LogP contribution is 2.31. The molecule has 1 aromatic heterocycles. The largest absolute Gasteiger partial charge is 0.495 e. The smallest absolute Gasteiger partial charge is 0.233 e. The molecule has 0 unspecified atom stereocenters. The fraction of sp³-hybridized carbons (Fsp3) is 0.412. The summed E-state index contributed by atoms with van der Waals surface area (Å²) in [5.74, 6) is 0.378. The molecular formula is C17H21N5O3S2. The minimum Gasteiger partial charge on any atom is -0.495 e. The standard InChI is InChI=1S/C17H21N5O3S2/c1-25-13-7-3-2-6-12(13)19-16-20-21-17(27-16)26-10-14(23)22-8-4-5-11(9-22)15(18)24/h2-3,6-7,11H,4-5,8-10H2,1H3,(H2,18,24)(H,19,20)/t11-/m0/s1. The number of piperidine rings is 1. The summed E-state index contributed by atoms with van der Waals surface area (Å²) in [4.78, 5) is 25.5. The molecule has 1 atom stereocenters. The molecule has 27 heavy (non-hydrogen) atoms. The van der Waals surface area contributed by atoms with Crippen molar-refractivity contribution in [3.63, 3.8) is 0 Å². The number of carbonyl (C=O) groups is 2. The van der Waals surface area contributed by atoms with Crippen LogP contribution in [-0.4, -0.2) is 52.9 Å². The molecule has 0 aliphatic carbocycles. The number of nitrogens with zero attached hydrogens (tertiary/aromatic N) is 3. The van der Waals surface area contributed by atoms with Crippen molar-refractivity contribution in [3.05, 3.63) is 24.3 Å². The first-order valence-electron chi connectivity index (χ1n) is 8.50. The van der Waals surface area contributed by atoms with Crippen LogP contribution < -0.4 is 15.8 Å². The summed E-state index contributed by atoms with van der Waals surface area (Å²) >= 11 is 2.71. The van der Waals surface area contributed by atoms with Crippen molar-refractivity contribution < 1.29 is 14.3 Å². The zero-order chi connectivity index (χ0) is 19.2. The minimum absolute atomic E-state index is 0.0135. The highest BCUT2D eigenvalue weighted by atomic mass is 32.2. The number of aromatic nitrogens is 2. The second-order valence-electron chi connectivity index (χ2n) is 6.07. The van der Waals surface area contributed by atoms with E-state index in [-0.39, 0.29) is 23.5 Å². The number of hydrogen-bond donors (Lipinski definition) is 2. The summed E-state index contributed by atoms with van der Waals surface area (Å²) in [7, 11) is 1.61. The number of amides is 2. The molecular weight excluding hydrogens is 386 g/mol. The molecule has 10 heteroatoms. The first-order valence-corrected chi connectivity index (χ1v) is 10.3. The molecule has 2 heterocycles. The van der Waals surface area contributed by atoms with Crippen LogP contribution in [0.25, 0.3) is 0 Å². The van der Waals surface area contributed by atoms with E-state index in [4.69, 9.17) is 10.5 Å². The van der Waals surface area contributed by atoms with Crippen LogP contribution in [0.1, 0.15) is 12.8 Å². The van der Waals surface area contributed by atoms with Crippen molar-refractivity contribution >= 4 is 45.7 Å². The van der Waals surface area contributed by atoms with Gasteiger partial charge in [0.1, 0.15) is 5.75 Å². The Bertz CT molecular complexity index is 813. The van der Waals surface area contributed by atoms with Crippen LogP contribution in [0.15, 0.2) is 28.6 Å². The van der Waals surface area contributed by atoms with Gasteiger partial charge in [-0.05, 0) is 25.0 Å². The van der Waals surface area contributed by atoms with Gasteiger partial charge in [-0.3, -0.25) is 9.59 Å². The molecule has 2 aromatic rings. The van der Waals surface area contributed by atoms with E-state index in [1.165, 1.54) is 23.1 Å². The zero-order valence-electron chi connectivity index (χ0n) is 14.9. The van der Waals surface area contributed by atoms with E-state index in [0.717, 1.165) is 18.5 Å². The van der Waals surface area contributed by atoms with E-state index in [0.29, 0.717) is 28.3 Å². The third-order valence-electron chi connectivity index (χ3n) is 4.25. The van der Waals surface area contributed by atoms with Gasteiger partial charge in [0.2, 0.25) is 16.9 Å². The Morgan fingerprint density at radius 1 is 1.41 bits per heavy atom. The molecule has 0 spiro atoms. The number of likely N-dealkylation sites (tertiary alicyclic amines) is 1. The maximum atomic E-state index is 12.4. The van der Waals surface area contributed by atoms with Crippen molar-refractivity contribution in [2.75, 3.05) is 31.3 Å². The SMILES string of the molecule is COc1ccccc1Nc1nnc(SCC(=O)N2CCC[C@H](C(N)=O)C2)s1. The molecule has 8 nitrogen and oxygen atoms in total. The Labute approximate surface area is 165 Å². The Morgan fingerprint density at radius 3 is 3.00 bits per heavy atom. The van der Waals surface area contributed by atoms with Crippen LogP contribution >= 0.6 is 23.1 Å². The van der Waals surface area contributed by atoms with Crippen LogP contribution in [-0.2, 0) is 9.59 Å². The van der Waals surface area contributed by atoms with Crippen molar-refractivity contribution in [1.29, 1.82) is 0 Å². The molecule has 1 aromatic carbocycles. The summed E-state index contributed by atoms with van der Waals surface area (Å²) < 4.78 is 6.00. The molecule has 3 N–H and O–H groups in total. The van der Waals surface area contributed by atoms with Gasteiger partial charge in [-0.2, -0.15) is 0 Å². The molecule has 1 aliphatic heterocycles. The number of anilines is 2. The average molecular weight is 408 g/mol. The summed E-state index contributed by atoms with van der Waals surface area (Å²) in [6.07, 6.45) is 1.55. The highest BCUT2D eigenvalue weighted by Gasteiger charge is 2.27. The predicted octanol–water partition coefficient (Wildman–Crippen LogP) is 2.11. The van der Waals surface area contributed by atoms with Gasteiger partial charge in [-0.1, -0.05) is 35.2 Å². The quantitative estimate of drug-likeness (QED) is 0.676. The van der Waals surface area contributed by atoms with E-state index in [1.54, 1.807) is 12.0 Å². The Balaban J connectivity index is 1.53. The second-order valence-corrected chi connectivity index (χ2v) is 8.27. The Hall–Kier alpha value is -2.33. The number of nitrogens with one attached hydrogen (secondary N) is 1. The first kappa shape index (κ1) is 19.4. The minimum atomic E-state index is -0.337. The third kappa shape index (κ3) is 5.10. The molecule has 0 bridgehead atoms. The number of methoxy groups -OCH3 is 1. The van der Waals surface area contributed by atoms with Crippen molar-refractivity contribution in [2.24, 2.45) is 11.7 Å². The van der Waals surface area contributed by atoms with E-state index >= 15 is 0 Å². The molecule has 2 amide bonds. The van der Waals surface area contributed by atoms with E-state index in [9.17, 15) is 9.59 Å². The number of primary amides is 1. The van der Waals surface area contributed by atoms with E-state index in [2.05, 4.69) is 15.5 Å². The number of para-hydroxylation sites is 2. The van der Waals surface area contributed by atoms with Gasteiger partial charge in [0.25, 0.3) is 0 Å². The van der Waals surface area contributed by atoms with Gasteiger partial charge in [0, 0.05) is 13.1 Å². The number of thioether (sulfide) groups is 1. The van der Waals surface area contributed by atoms with Crippen LogP contribution in [0.5, 0.6) is 5.75 Å². The van der Waals surface area contributed by atoms with Gasteiger partial charge in [0.05, 0.1) is 24.5 Å². The van der Waals surface area contributed by atoms with Gasteiger partial charge in [0.15, 0.2) is 4.34 Å². The second kappa shape index (κ2) is 9.05. The lowest BCUT2D eigenvalue weighted by atomic mass is 9.97. The number of nitrogens with two attached hydrogens (primary N) is 1. The Kier molecular flexibility index (Phi) is 6.51. The number of carbonyl (C=O) groups excluding carboxylic acids is 2. The van der Waals surface area contributed by atoms with Gasteiger partial charge >= 0.3 is 0 Å². The molecule has 1 saturated heterocycles. The van der Waals surface area contributed by atoms with E-state index in [1.807, 2.05) is 24.3 Å². The molecule has 3 rings (SSSR count). The van der Waals surface area contributed by atoms with E-state index < -0.39 is 0 Å². The number of rotatable bonds is 7. The van der Waals surface area contributed by atoms with Gasteiger partial charge in [-0.15, -0.1) is 10.2 Å². The summed E-state index contributed by atoms with van der Waals surface area (Å²) in [6, 6.07) is 7.54.